The maximum Gasteiger partial charge on any atom is 0.252 e. The van der Waals surface area contributed by atoms with Crippen molar-refractivity contribution < 1.29 is 5.11 Å². The summed E-state index contributed by atoms with van der Waals surface area (Å²) in [5.74, 6) is 1.66. The molecule has 16 heavy (non-hydrogen) atoms. The van der Waals surface area contributed by atoms with E-state index in [9.17, 15) is 4.79 Å². The van der Waals surface area contributed by atoms with E-state index in [1.807, 2.05) is 0 Å². The summed E-state index contributed by atoms with van der Waals surface area (Å²) in [4.78, 5) is 20.4. The number of hydrogen-bond acceptors (Lipinski definition) is 4. The van der Waals surface area contributed by atoms with E-state index in [-0.39, 0.29) is 12.2 Å². The second-order valence-corrected chi connectivity index (χ2v) is 4.33. The molecule has 2 heterocycles. The van der Waals surface area contributed by atoms with Gasteiger partial charge in [-0.3, -0.25) is 4.79 Å². The highest BCUT2D eigenvalue weighted by atomic mass is 16.3. The fraction of sp³-hybridized carbons (Fsp3) is 0.636. The summed E-state index contributed by atoms with van der Waals surface area (Å²) < 4.78 is 0. The number of nitrogens with one attached hydrogen (secondary N) is 1. The Balaban J connectivity index is 2.19. The van der Waals surface area contributed by atoms with E-state index in [0.29, 0.717) is 11.7 Å². The third kappa shape index (κ3) is 2.41. The van der Waals surface area contributed by atoms with Gasteiger partial charge in [0.15, 0.2) is 0 Å². The smallest absolute Gasteiger partial charge is 0.252 e. The number of aromatic nitrogens is 2. The zero-order chi connectivity index (χ0) is 11.5. The first-order valence-corrected chi connectivity index (χ1v) is 5.63. The van der Waals surface area contributed by atoms with Crippen molar-refractivity contribution in [3.8, 4) is 0 Å². The second-order valence-electron chi connectivity index (χ2n) is 4.33. The van der Waals surface area contributed by atoms with Gasteiger partial charge < -0.3 is 15.0 Å². The van der Waals surface area contributed by atoms with Gasteiger partial charge in [-0.2, -0.15) is 0 Å². The number of hydrogen-bond donors (Lipinski definition) is 2. The first-order chi connectivity index (χ1) is 7.69. The number of nitrogens with zero attached hydrogens (tertiary/aromatic N) is 2. The van der Waals surface area contributed by atoms with Crippen LogP contribution in [0.2, 0.25) is 0 Å². The van der Waals surface area contributed by atoms with Crippen LogP contribution in [-0.4, -0.2) is 34.8 Å². The molecule has 1 aromatic rings. The zero-order valence-corrected chi connectivity index (χ0v) is 9.44. The molecule has 0 spiro atoms. The molecule has 88 valence electrons. The molecule has 0 aliphatic carbocycles. The monoisotopic (exact) mass is 223 g/mol. The van der Waals surface area contributed by atoms with E-state index >= 15 is 0 Å². The molecule has 0 radical (unpaired) electrons. The number of H-pyrrole nitrogens is 1. The van der Waals surface area contributed by atoms with Crippen molar-refractivity contribution in [3.63, 3.8) is 0 Å². The fourth-order valence-electron chi connectivity index (χ4n) is 2.15. The number of anilines is 1. The van der Waals surface area contributed by atoms with Crippen molar-refractivity contribution in [1.29, 1.82) is 0 Å². The van der Waals surface area contributed by atoms with Crippen molar-refractivity contribution in [3.05, 3.63) is 22.2 Å². The van der Waals surface area contributed by atoms with E-state index in [0.717, 1.165) is 31.7 Å². The van der Waals surface area contributed by atoms with Crippen LogP contribution in [0.5, 0.6) is 0 Å². The van der Waals surface area contributed by atoms with Crippen molar-refractivity contribution in [1.82, 2.24) is 9.97 Å². The molecule has 0 saturated carbocycles. The van der Waals surface area contributed by atoms with Gasteiger partial charge in [0.25, 0.3) is 5.56 Å². The molecule has 1 unspecified atom stereocenters. The topological polar surface area (TPSA) is 69.2 Å². The maximum absolute atomic E-state index is 11.3. The lowest BCUT2D eigenvalue weighted by molar-refractivity contribution is 0.208. The normalized spacial score (nSPS) is 21.1. The average molecular weight is 223 g/mol. The zero-order valence-electron chi connectivity index (χ0n) is 9.44. The Kier molecular flexibility index (Phi) is 3.24. The van der Waals surface area contributed by atoms with Gasteiger partial charge in [-0.15, -0.1) is 0 Å². The summed E-state index contributed by atoms with van der Waals surface area (Å²) >= 11 is 0. The van der Waals surface area contributed by atoms with Crippen molar-refractivity contribution in [2.45, 2.75) is 19.8 Å². The van der Waals surface area contributed by atoms with Crippen LogP contribution in [0.4, 0.5) is 5.82 Å². The van der Waals surface area contributed by atoms with E-state index in [1.54, 1.807) is 6.92 Å². The summed E-state index contributed by atoms with van der Waals surface area (Å²) in [6.45, 7) is 3.68. The highest BCUT2D eigenvalue weighted by Crippen LogP contribution is 2.20. The molecule has 1 aromatic heterocycles. The predicted molar refractivity (Wildman–Crippen MR) is 61.6 cm³/mol. The van der Waals surface area contributed by atoms with Crippen LogP contribution >= 0.6 is 0 Å². The van der Waals surface area contributed by atoms with Gasteiger partial charge in [0, 0.05) is 25.8 Å². The van der Waals surface area contributed by atoms with Crippen LogP contribution in [0.25, 0.3) is 0 Å². The largest absolute Gasteiger partial charge is 0.396 e. The minimum atomic E-state index is -0.117. The van der Waals surface area contributed by atoms with E-state index in [2.05, 4.69) is 14.9 Å². The van der Waals surface area contributed by atoms with Gasteiger partial charge >= 0.3 is 0 Å². The lowest BCUT2D eigenvalue weighted by atomic mass is 9.99. The minimum Gasteiger partial charge on any atom is -0.396 e. The highest BCUT2D eigenvalue weighted by molar-refractivity contribution is 5.37. The molecule has 0 bridgehead atoms. The van der Waals surface area contributed by atoms with Crippen molar-refractivity contribution in [2.24, 2.45) is 5.92 Å². The number of rotatable bonds is 2. The van der Waals surface area contributed by atoms with E-state index in [4.69, 9.17) is 5.11 Å². The molecular weight excluding hydrogens is 206 g/mol. The van der Waals surface area contributed by atoms with Crippen LogP contribution in [0.3, 0.4) is 0 Å². The Bertz CT molecular complexity index is 416. The van der Waals surface area contributed by atoms with Gasteiger partial charge in [-0.1, -0.05) is 0 Å². The minimum absolute atomic E-state index is 0.117. The van der Waals surface area contributed by atoms with Gasteiger partial charge in [-0.05, 0) is 25.7 Å². The quantitative estimate of drug-likeness (QED) is 0.756. The standard InChI is InChI=1S/C11H17N3O2/c1-8-12-10(5-11(16)13-8)14-4-2-3-9(6-14)7-15/h5,9,15H,2-4,6-7H2,1H3,(H,12,13,16). The first kappa shape index (κ1) is 11.1. The number of piperidine rings is 1. The summed E-state index contributed by atoms with van der Waals surface area (Å²) in [6.07, 6.45) is 2.09. The number of aromatic amines is 1. The lowest BCUT2D eigenvalue weighted by Gasteiger charge is -2.32. The molecule has 5 heteroatoms. The van der Waals surface area contributed by atoms with Gasteiger partial charge in [0.2, 0.25) is 0 Å². The first-order valence-electron chi connectivity index (χ1n) is 5.63. The van der Waals surface area contributed by atoms with Crippen LogP contribution in [0, 0.1) is 12.8 Å². The second kappa shape index (κ2) is 4.65. The molecule has 2 rings (SSSR count). The van der Waals surface area contributed by atoms with Crippen molar-refractivity contribution in [2.75, 3.05) is 24.6 Å². The van der Waals surface area contributed by atoms with Gasteiger partial charge in [0.1, 0.15) is 11.6 Å². The summed E-state index contributed by atoms with van der Waals surface area (Å²) in [5, 5.41) is 9.15. The molecule has 0 amide bonds. The van der Waals surface area contributed by atoms with Crippen LogP contribution in [0.15, 0.2) is 10.9 Å². The third-order valence-electron chi connectivity index (χ3n) is 2.95. The average Bonchev–Trinajstić information content (AvgIpc) is 2.28. The fourth-order valence-corrected chi connectivity index (χ4v) is 2.15. The van der Waals surface area contributed by atoms with E-state index < -0.39 is 0 Å². The third-order valence-corrected chi connectivity index (χ3v) is 2.95. The molecule has 1 fully saturated rings. The Hall–Kier alpha value is -1.36. The molecule has 1 atom stereocenters. The number of aryl methyl sites for hydroxylation is 1. The Labute approximate surface area is 94.1 Å². The Morgan fingerprint density at radius 3 is 3.19 bits per heavy atom. The SMILES string of the molecule is Cc1nc(N2CCCC(CO)C2)cc(=O)[nH]1. The maximum atomic E-state index is 11.3. The Morgan fingerprint density at radius 2 is 2.50 bits per heavy atom. The molecule has 1 saturated heterocycles. The lowest BCUT2D eigenvalue weighted by Crippen LogP contribution is -2.38. The molecule has 1 aliphatic rings. The predicted octanol–water partition coefficient (Wildman–Crippen LogP) is 0.287. The van der Waals surface area contributed by atoms with Gasteiger partial charge in [-0.25, -0.2) is 4.98 Å². The molecule has 5 nitrogen and oxygen atoms in total. The summed E-state index contributed by atoms with van der Waals surface area (Å²) in [5.41, 5.74) is -0.117. The number of aliphatic hydroxyl groups excluding tert-OH is 1. The number of aliphatic hydroxyl groups is 1. The Morgan fingerprint density at radius 1 is 1.69 bits per heavy atom. The van der Waals surface area contributed by atoms with Crippen LogP contribution in [0.1, 0.15) is 18.7 Å². The summed E-state index contributed by atoms with van der Waals surface area (Å²) in [7, 11) is 0. The van der Waals surface area contributed by atoms with Crippen LogP contribution < -0.4 is 10.5 Å². The highest BCUT2D eigenvalue weighted by Gasteiger charge is 2.20. The van der Waals surface area contributed by atoms with E-state index in [1.165, 1.54) is 6.07 Å². The van der Waals surface area contributed by atoms with Crippen LogP contribution in [-0.2, 0) is 0 Å². The molecule has 0 aromatic carbocycles. The van der Waals surface area contributed by atoms with Crippen molar-refractivity contribution >= 4 is 5.82 Å². The van der Waals surface area contributed by atoms with Gasteiger partial charge in [0.05, 0.1) is 0 Å². The molecule has 2 N–H and O–H groups in total. The summed E-state index contributed by atoms with van der Waals surface area (Å²) in [6, 6.07) is 1.52. The molecular formula is C11H17N3O2. The molecule has 1 aliphatic heterocycles.